The molecule has 0 aliphatic heterocycles. The molecular formula is C11H16FNO. The minimum absolute atomic E-state index is 0.0107. The van der Waals surface area contributed by atoms with Crippen molar-refractivity contribution in [2.75, 3.05) is 7.11 Å². The zero-order valence-corrected chi connectivity index (χ0v) is 8.59. The minimum atomic E-state index is -0.473. The standard InChI is InChI=1S/C11H16FNO/c1-8(13)6-10-9(7-12)4-3-5-11(10)14-2/h3-5,8H,6-7,13H2,1-2H3. The maximum atomic E-state index is 12.7. The predicted molar refractivity (Wildman–Crippen MR) is 55.2 cm³/mol. The molecule has 78 valence electrons. The van der Waals surface area contributed by atoms with Crippen molar-refractivity contribution in [1.82, 2.24) is 0 Å². The van der Waals surface area contributed by atoms with Gasteiger partial charge in [0.2, 0.25) is 0 Å². The monoisotopic (exact) mass is 197 g/mol. The van der Waals surface area contributed by atoms with Crippen LogP contribution in [0.1, 0.15) is 18.1 Å². The number of nitrogens with two attached hydrogens (primary N) is 1. The topological polar surface area (TPSA) is 35.2 Å². The Kier molecular flexibility index (Phi) is 3.89. The molecule has 0 aromatic heterocycles. The van der Waals surface area contributed by atoms with Gasteiger partial charge in [0.1, 0.15) is 12.4 Å². The van der Waals surface area contributed by atoms with Crippen LogP contribution in [-0.4, -0.2) is 13.2 Å². The average Bonchev–Trinajstić information content (AvgIpc) is 2.17. The Morgan fingerprint density at radius 2 is 2.21 bits per heavy atom. The third-order valence-corrected chi connectivity index (χ3v) is 2.12. The fourth-order valence-electron chi connectivity index (χ4n) is 1.48. The van der Waals surface area contributed by atoms with E-state index in [1.807, 2.05) is 13.0 Å². The molecule has 0 aliphatic rings. The van der Waals surface area contributed by atoms with Crippen LogP contribution < -0.4 is 10.5 Å². The molecular weight excluding hydrogens is 181 g/mol. The molecule has 1 unspecified atom stereocenters. The predicted octanol–water partition coefficient (Wildman–Crippen LogP) is 2.05. The molecule has 0 saturated carbocycles. The van der Waals surface area contributed by atoms with E-state index < -0.39 is 6.67 Å². The van der Waals surface area contributed by atoms with Gasteiger partial charge in [0, 0.05) is 11.6 Å². The Balaban J connectivity index is 3.05. The van der Waals surface area contributed by atoms with Crippen molar-refractivity contribution >= 4 is 0 Å². The molecule has 2 N–H and O–H groups in total. The molecule has 1 aromatic carbocycles. The molecule has 0 heterocycles. The molecule has 1 atom stereocenters. The van der Waals surface area contributed by atoms with Crippen molar-refractivity contribution in [3.8, 4) is 5.75 Å². The molecule has 0 radical (unpaired) electrons. The normalized spacial score (nSPS) is 12.6. The van der Waals surface area contributed by atoms with E-state index in [1.165, 1.54) is 0 Å². The van der Waals surface area contributed by atoms with Gasteiger partial charge in [-0.3, -0.25) is 0 Å². The van der Waals surface area contributed by atoms with E-state index >= 15 is 0 Å². The number of rotatable bonds is 4. The molecule has 0 bridgehead atoms. The zero-order valence-electron chi connectivity index (χ0n) is 8.59. The van der Waals surface area contributed by atoms with Crippen LogP contribution in [0.2, 0.25) is 0 Å². The SMILES string of the molecule is COc1cccc(CF)c1CC(C)N. The Morgan fingerprint density at radius 1 is 1.50 bits per heavy atom. The van der Waals surface area contributed by atoms with E-state index in [0.29, 0.717) is 12.0 Å². The maximum Gasteiger partial charge on any atom is 0.122 e. The Bertz CT molecular complexity index is 277. The van der Waals surface area contributed by atoms with E-state index in [1.54, 1.807) is 19.2 Å². The van der Waals surface area contributed by atoms with Crippen molar-refractivity contribution in [1.29, 1.82) is 0 Å². The van der Waals surface area contributed by atoms with E-state index in [2.05, 4.69) is 0 Å². The number of hydrogen-bond acceptors (Lipinski definition) is 2. The van der Waals surface area contributed by atoms with Crippen molar-refractivity contribution in [3.63, 3.8) is 0 Å². The highest BCUT2D eigenvalue weighted by atomic mass is 19.1. The van der Waals surface area contributed by atoms with Gasteiger partial charge in [-0.15, -0.1) is 0 Å². The van der Waals surface area contributed by atoms with Gasteiger partial charge < -0.3 is 10.5 Å². The van der Waals surface area contributed by atoms with E-state index in [9.17, 15) is 4.39 Å². The first kappa shape index (κ1) is 11.0. The summed E-state index contributed by atoms with van der Waals surface area (Å²) in [5.41, 5.74) is 7.24. The lowest BCUT2D eigenvalue weighted by molar-refractivity contribution is 0.404. The molecule has 0 fully saturated rings. The number of ether oxygens (including phenoxy) is 1. The Hall–Kier alpha value is -1.09. The second-order valence-electron chi connectivity index (χ2n) is 3.41. The summed E-state index contributed by atoms with van der Waals surface area (Å²) < 4.78 is 17.8. The number of methoxy groups -OCH3 is 1. The summed E-state index contributed by atoms with van der Waals surface area (Å²) in [5.74, 6) is 0.720. The highest BCUT2D eigenvalue weighted by Crippen LogP contribution is 2.24. The third-order valence-electron chi connectivity index (χ3n) is 2.12. The third kappa shape index (κ3) is 2.45. The summed E-state index contributed by atoms with van der Waals surface area (Å²) in [7, 11) is 1.59. The average molecular weight is 197 g/mol. The van der Waals surface area contributed by atoms with Crippen molar-refractivity contribution in [3.05, 3.63) is 29.3 Å². The van der Waals surface area contributed by atoms with Gasteiger partial charge in [-0.2, -0.15) is 0 Å². The molecule has 2 nitrogen and oxygen atoms in total. The van der Waals surface area contributed by atoms with Crippen LogP contribution in [0.15, 0.2) is 18.2 Å². The van der Waals surface area contributed by atoms with Crippen LogP contribution in [0.5, 0.6) is 5.75 Å². The molecule has 0 spiro atoms. The van der Waals surface area contributed by atoms with Gasteiger partial charge >= 0.3 is 0 Å². The number of halogens is 1. The molecule has 1 rings (SSSR count). The van der Waals surface area contributed by atoms with Gasteiger partial charge in [0.15, 0.2) is 0 Å². The van der Waals surface area contributed by atoms with Crippen LogP contribution in [0.3, 0.4) is 0 Å². The number of benzene rings is 1. The van der Waals surface area contributed by atoms with Crippen LogP contribution in [-0.2, 0) is 13.1 Å². The zero-order chi connectivity index (χ0) is 10.6. The first-order chi connectivity index (χ1) is 6.69. The van der Waals surface area contributed by atoms with Gasteiger partial charge in [-0.1, -0.05) is 12.1 Å². The lowest BCUT2D eigenvalue weighted by Crippen LogP contribution is -2.19. The molecule has 14 heavy (non-hydrogen) atoms. The highest BCUT2D eigenvalue weighted by Gasteiger charge is 2.10. The van der Waals surface area contributed by atoms with E-state index in [4.69, 9.17) is 10.5 Å². The lowest BCUT2D eigenvalue weighted by Gasteiger charge is -2.13. The smallest absolute Gasteiger partial charge is 0.122 e. The highest BCUT2D eigenvalue weighted by molar-refractivity contribution is 5.40. The minimum Gasteiger partial charge on any atom is -0.496 e. The number of alkyl halides is 1. The Labute approximate surface area is 83.9 Å². The summed E-state index contributed by atoms with van der Waals surface area (Å²) in [6.45, 7) is 1.42. The fraction of sp³-hybridized carbons (Fsp3) is 0.455. The van der Waals surface area contributed by atoms with Crippen molar-refractivity contribution in [2.45, 2.75) is 26.1 Å². The molecule has 0 aliphatic carbocycles. The van der Waals surface area contributed by atoms with Gasteiger partial charge in [-0.05, 0) is 25.0 Å². The summed E-state index contributed by atoms with van der Waals surface area (Å²) in [5, 5.41) is 0. The van der Waals surface area contributed by atoms with Crippen LogP contribution in [0, 0.1) is 0 Å². The van der Waals surface area contributed by atoms with Crippen LogP contribution in [0.25, 0.3) is 0 Å². The van der Waals surface area contributed by atoms with Crippen LogP contribution in [0.4, 0.5) is 4.39 Å². The van der Waals surface area contributed by atoms with Gasteiger partial charge in [-0.25, -0.2) is 4.39 Å². The maximum absolute atomic E-state index is 12.7. The molecule has 3 heteroatoms. The number of hydrogen-bond donors (Lipinski definition) is 1. The van der Waals surface area contributed by atoms with E-state index in [0.717, 1.165) is 11.3 Å². The van der Waals surface area contributed by atoms with Crippen molar-refractivity contribution < 1.29 is 9.13 Å². The van der Waals surface area contributed by atoms with Crippen molar-refractivity contribution in [2.24, 2.45) is 5.73 Å². The fourth-order valence-corrected chi connectivity index (χ4v) is 1.48. The molecule has 0 amide bonds. The molecule has 1 aromatic rings. The summed E-state index contributed by atoms with van der Waals surface area (Å²) in [6, 6.07) is 5.40. The molecule has 0 saturated heterocycles. The second-order valence-corrected chi connectivity index (χ2v) is 3.41. The first-order valence-corrected chi connectivity index (χ1v) is 4.65. The summed E-state index contributed by atoms with van der Waals surface area (Å²) >= 11 is 0. The van der Waals surface area contributed by atoms with Gasteiger partial charge in [0.25, 0.3) is 0 Å². The lowest BCUT2D eigenvalue weighted by atomic mass is 10.0. The second kappa shape index (κ2) is 4.96. The van der Waals surface area contributed by atoms with Crippen LogP contribution >= 0.6 is 0 Å². The first-order valence-electron chi connectivity index (χ1n) is 4.65. The summed E-state index contributed by atoms with van der Waals surface area (Å²) in [6.07, 6.45) is 0.642. The largest absolute Gasteiger partial charge is 0.496 e. The Morgan fingerprint density at radius 3 is 2.71 bits per heavy atom. The van der Waals surface area contributed by atoms with E-state index in [-0.39, 0.29) is 6.04 Å². The van der Waals surface area contributed by atoms with Gasteiger partial charge in [0.05, 0.1) is 7.11 Å². The summed E-state index contributed by atoms with van der Waals surface area (Å²) in [4.78, 5) is 0. The quantitative estimate of drug-likeness (QED) is 0.801.